The summed E-state index contributed by atoms with van der Waals surface area (Å²) in [7, 11) is 1.77. The van der Waals surface area contributed by atoms with Crippen LogP contribution in [-0.4, -0.2) is 14.5 Å². The molecule has 0 atom stereocenters. The molecule has 5 nitrogen and oxygen atoms in total. The Balaban J connectivity index is 1.60. The molecule has 0 radical (unpaired) electrons. The van der Waals surface area contributed by atoms with Crippen LogP contribution in [0, 0.1) is 13.8 Å². The van der Waals surface area contributed by atoms with Gasteiger partial charge in [-0.1, -0.05) is 30.0 Å². The summed E-state index contributed by atoms with van der Waals surface area (Å²) < 4.78 is 7.19. The van der Waals surface area contributed by atoms with Crippen molar-refractivity contribution in [2.45, 2.75) is 24.8 Å². The average molecular weight is 383 g/mol. The van der Waals surface area contributed by atoms with Crippen molar-refractivity contribution in [2.24, 2.45) is 7.05 Å². The lowest BCUT2D eigenvalue weighted by Crippen LogP contribution is -2.19. The summed E-state index contributed by atoms with van der Waals surface area (Å²) in [6.07, 6.45) is 1.66. The van der Waals surface area contributed by atoms with Crippen molar-refractivity contribution in [1.82, 2.24) is 14.5 Å². The van der Waals surface area contributed by atoms with Gasteiger partial charge in [0.25, 0.3) is 5.56 Å². The molecule has 26 heavy (non-hydrogen) atoms. The summed E-state index contributed by atoms with van der Waals surface area (Å²) >= 11 is 3.06. The third-order valence-corrected chi connectivity index (χ3v) is 6.46. The number of rotatable bonds is 4. The maximum atomic E-state index is 12.7. The molecule has 0 bridgehead atoms. The highest BCUT2D eigenvalue weighted by molar-refractivity contribution is 7.98. The Morgan fingerprint density at radius 1 is 1.19 bits per heavy atom. The summed E-state index contributed by atoms with van der Waals surface area (Å²) in [4.78, 5) is 23.8. The van der Waals surface area contributed by atoms with Gasteiger partial charge in [-0.15, -0.1) is 11.3 Å². The zero-order valence-corrected chi connectivity index (χ0v) is 16.3. The predicted molar refractivity (Wildman–Crippen MR) is 106 cm³/mol. The number of benzene rings is 1. The third-order valence-electron chi connectivity index (χ3n) is 4.29. The van der Waals surface area contributed by atoms with Gasteiger partial charge in [0, 0.05) is 23.2 Å². The number of hydrogen-bond donors (Lipinski definition) is 0. The normalized spacial score (nSPS) is 11.3. The van der Waals surface area contributed by atoms with Gasteiger partial charge in [0.05, 0.1) is 11.1 Å². The van der Waals surface area contributed by atoms with Gasteiger partial charge in [-0.2, -0.15) is 0 Å². The van der Waals surface area contributed by atoms with E-state index < -0.39 is 0 Å². The fourth-order valence-corrected chi connectivity index (χ4v) is 4.63. The minimum absolute atomic E-state index is 0.00415. The van der Waals surface area contributed by atoms with Gasteiger partial charge >= 0.3 is 0 Å². The number of fused-ring (bicyclic) bond motifs is 1. The van der Waals surface area contributed by atoms with Crippen LogP contribution in [0.25, 0.3) is 21.7 Å². The molecule has 1 aromatic carbocycles. The molecule has 0 aliphatic rings. The van der Waals surface area contributed by atoms with E-state index in [-0.39, 0.29) is 5.56 Å². The molecule has 132 valence electrons. The maximum Gasteiger partial charge on any atom is 0.262 e. The van der Waals surface area contributed by atoms with E-state index in [1.165, 1.54) is 11.8 Å². The SMILES string of the molecule is Cc1sc2nc(SCc3coc(-c4ccccc4)n3)n(C)c(=O)c2c1C. The maximum absolute atomic E-state index is 12.7. The van der Waals surface area contributed by atoms with Crippen LogP contribution in [0.2, 0.25) is 0 Å². The first-order chi connectivity index (χ1) is 12.5. The van der Waals surface area contributed by atoms with Crippen molar-refractivity contribution < 1.29 is 4.42 Å². The lowest BCUT2D eigenvalue weighted by molar-refractivity contribution is 0.573. The van der Waals surface area contributed by atoms with Crippen molar-refractivity contribution >= 4 is 33.3 Å². The Morgan fingerprint density at radius 2 is 1.96 bits per heavy atom. The second kappa shape index (κ2) is 6.74. The van der Waals surface area contributed by atoms with Crippen LogP contribution in [-0.2, 0) is 12.8 Å². The fraction of sp³-hybridized carbons (Fsp3) is 0.211. The summed E-state index contributed by atoms with van der Waals surface area (Å²) in [5.74, 6) is 1.19. The summed E-state index contributed by atoms with van der Waals surface area (Å²) in [6, 6.07) is 9.79. The van der Waals surface area contributed by atoms with Gasteiger partial charge < -0.3 is 4.42 Å². The topological polar surface area (TPSA) is 60.9 Å². The molecule has 0 amide bonds. The Hall–Kier alpha value is -2.38. The molecule has 3 heterocycles. The van der Waals surface area contributed by atoms with Crippen molar-refractivity contribution in [1.29, 1.82) is 0 Å². The molecule has 4 aromatic rings. The summed E-state index contributed by atoms with van der Waals surface area (Å²) in [6.45, 7) is 4.00. The molecule has 0 spiro atoms. The molecular weight excluding hydrogens is 366 g/mol. The van der Waals surface area contributed by atoms with Crippen LogP contribution in [0.15, 0.2) is 51.0 Å². The minimum Gasteiger partial charge on any atom is -0.444 e. The van der Waals surface area contributed by atoms with Gasteiger partial charge in [-0.25, -0.2) is 9.97 Å². The smallest absolute Gasteiger partial charge is 0.262 e. The lowest BCUT2D eigenvalue weighted by atomic mass is 10.2. The van der Waals surface area contributed by atoms with E-state index in [1.807, 2.05) is 44.2 Å². The Labute approximate surface area is 158 Å². The van der Waals surface area contributed by atoms with Crippen molar-refractivity contribution in [2.75, 3.05) is 0 Å². The first kappa shape index (κ1) is 17.1. The molecule has 0 saturated heterocycles. The molecule has 0 saturated carbocycles. The lowest BCUT2D eigenvalue weighted by Gasteiger charge is -2.06. The predicted octanol–water partition coefficient (Wildman–Crippen LogP) is 4.56. The van der Waals surface area contributed by atoms with Gasteiger partial charge in [-0.05, 0) is 31.5 Å². The number of nitrogens with zero attached hydrogens (tertiary/aromatic N) is 3. The Bertz CT molecular complexity index is 1140. The van der Waals surface area contributed by atoms with Crippen molar-refractivity contribution in [3.63, 3.8) is 0 Å². The van der Waals surface area contributed by atoms with Gasteiger partial charge in [0.2, 0.25) is 5.89 Å². The van der Waals surface area contributed by atoms with E-state index in [0.29, 0.717) is 16.8 Å². The van der Waals surface area contributed by atoms with Crippen LogP contribution >= 0.6 is 23.1 Å². The number of hydrogen-bond acceptors (Lipinski definition) is 6. The monoisotopic (exact) mass is 383 g/mol. The van der Waals surface area contributed by atoms with Gasteiger partial charge in [-0.3, -0.25) is 9.36 Å². The van der Waals surface area contributed by atoms with Crippen molar-refractivity contribution in [3.8, 4) is 11.5 Å². The van der Waals surface area contributed by atoms with Crippen molar-refractivity contribution in [3.05, 3.63) is 63.1 Å². The molecule has 0 fully saturated rings. The molecule has 0 aliphatic heterocycles. The second-order valence-corrected chi connectivity index (χ2v) is 8.17. The molecule has 0 aliphatic carbocycles. The molecule has 0 unspecified atom stereocenters. The van der Waals surface area contributed by atoms with E-state index in [2.05, 4.69) is 9.97 Å². The Morgan fingerprint density at radius 3 is 2.73 bits per heavy atom. The van der Waals surface area contributed by atoms with Crippen LogP contribution in [0.5, 0.6) is 0 Å². The molecule has 4 rings (SSSR count). The zero-order valence-electron chi connectivity index (χ0n) is 14.6. The van der Waals surface area contributed by atoms with E-state index in [4.69, 9.17) is 4.42 Å². The van der Waals surface area contributed by atoms with Crippen LogP contribution in [0.3, 0.4) is 0 Å². The quantitative estimate of drug-likeness (QED) is 0.382. The first-order valence-electron chi connectivity index (χ1n) is 8.14. The van der Waals surface area contributed by atoms with Crippen LogP contribution < -0.4 is 5.56 Å². The number of aryl methyl sites for hydroxylation is 2. The third kappa shape index (κ3) is 2.97. The zero-order chi connectivity index (χ0) is 18.3. The average Bonchev–Trinajstić information content (AvgIpc) is 3.23. The summed E-state index contributed by atoms with van der Waals surface area (Å²) in [5.41, 5.74) is 2.80. The Kier molecular flexibility index (Phi) is 4.42. The number of oxazole rings is 1. The van der Waals surface area contributed by atoms with Crippen LogP contribution in [0.4, 0.5) is 0 Å². The van der Waals surface area contributed by atoms with E-state index in [1.54, 1.807) is 29.2 Å². The van der Waals surface area contributed by atoms with Crippen LogP contribution in [0.1, 0.15) is 16.1 Å². The van der Waals surface area contributed by atoms with E-state index in [9.17, 15) is 4.79 Å². The number of aromatic nitrogens is 3. The standard InChI is InChI=1S/C19H17N3O2S2/c1-11-12(2)26-17-15(11)18(23)22(3)19(21-17)25-10-14-9-24-16(20-14)13-7-5-4-6-8-13/h4-9H,10H2,1-3H3. The van der Waals surface area contributed by atoms with Gasteiger partial charge in [0.15, 0.2) is 5.16 Å². The second-order valence-electron chi connectivity index (χ2n) is 6.02. The highest BCUT2D eigenvalue weighted by atomic mass is 32.2. The van der Waals surface area contributed by atoms with E-state index in [0.717, 1.165) is 31.9 Å². The number of thioether (sulfide) groups is 1. The molecular formula is C19H17N3O2S2. The molecule has 0 N–H and O–H groups in total. The molecule has 7 heteroatoms. The molecule has 3 aromatic heterocycles. The fourth-order valence-electron chi connectivity index (χ4n) is 2.71. The van der Waals surface area contributed by atoms with Gasteiger partial charge in [0.1, 0.15) is 11.1 Å². The highest BCUT2D eigenvalue weighted by Gasteiger charge is 2.15. The summed E-state index contributed by atoms with van der Waals surface area (Å²) in [5, 5.41) is 1.42. The minimum atomic E-state index is 0.00415. The van der Waals surface area contributed by atoms with E-state index >= 15 is 0 Å². The number of thiophene rings is 1. The first-order valence-corrected chi connectivity index (χ1v) is 9.94. The highest BCUT2D eigenvalue weighted by Crippen LogP contribution is 2.29. The largest absolute Gasteiger partial charge is 0.444 e.